The Morgan fingerprint density at radius 1 is 0.706 bits per heavy atom. The van der Waals surface area contributed by atoms with Crippen molar-refractivity contribution in [1.29, 1.82) is 0 Å². The molecule has 4 nitrogen and oxygen atoms in total. The molecule has 0 N–H and O–H groups in total. The van der Waals surface area contributed by atoms with Crippen molar-refractivity contribution in [3.63, 3.8) is 0 Å². The van der Waals surface area contributed by atoms with Crippen molar-refractivity contribution in [2.24, 2.45) is 34.5 Å². The van der Waals surface area contributed by atoms with E-state index in [0.29, 0.717) is 25.0 Å². The Morgan fingerprint density at radius 3 is 1.32 bits per heavy atom. The van der Waals surface area contributed by atoms with Crippen LogP contribution >= 0.6 is 0 Å². The lowest BCUT2D eigenvalue weighted by Gasteiger charge is -2.31. The standard InChI is InChI=1S/C30H56O4/c1-9-11-13-23(3)19-29(5,6)21-33-27(31)25-15-17-26(18-16-25)28(32)34-22-30(7,8)20-24(4)14-12-10-2/h23-26H,9-22H2,1-8H3. The molecule has 34 heavy (non-hydrogen) atoms. The number of rotatable bonds is 16. The zero-order valence-corrected chi connectivity index (χ0v) is 23.8. The molecule has 1 aliphatic carbocycles. The predicted molar refractivity (Wildman–Crippen MR) is 142 cm³/mol. The lowest BCUT2D eigenvalue weighted by atomic mass is 9.81. The lowest BCUT2D eigenvalue weighted by molar-refractivity contribution is -0.158. The van der Waals surface area contributed by atoms with Crippen LogP contribution in [0.2, 0.25) is 0 Å². The van der Waals surface area contributed by atoms with Gasteiger partial charge in [-0.25, -0.2) is 0 Å². The summed E-state index contributed by atoms with van der Waals surface area (Å²) in [5.74, 6) is 0.993. The van der Waals surface area contributed by atoms with Gasteiger partial charge in [0.15, 0.2) is 0 Å². The highest BCUT2D eigenvalue weighted by molar-refractivity contribution is 5.75. The van der Waals surface area contributed by atoms with E-state index in [1.165, 1.54) is 38.5 Å². The Kier molecular flexibility index (Phi) is 13.8. The number of esters is 2. The molecule has 0 bridgehead atoms. The first-order valence-electron chi connectivity index (χ1n) is 14.2. The van der Waals surface area contributed by atoms with Gasteiger partial charge in [-0.15, -0.1) is 0 Å². The Labute approximate surface area is 211 Å². The fourth-order valence-corrected chi connectivity index (χ4v) is 5.65. The van der Waals surface area contributed by atoms with Crippen molar-refractivity contribution in [3.8, 4) is 0 Å². The van der Waals surface area contributed by atoms with Gasteiger partial charge in [0.1, 0.15) is 0 Å². The first-order valence-corrected chi connectivity index (χ1v) is 14.2. The SMILES string of the molecule is CCCCC(C)CC(C)(C)COC(=O)C1CCC(C(=O)OCC(C)(C)CC(C)CCCC)CC1. The van der Waals surface area contributed by atoms with Crippen LogP contribution < -0.4 is 0 Å². The van der Waals surface area contributed by atoms with E-state index in [-0.39, 0.29) is 34.6 Å². The second-order valence-corrected chi connectivity index (χ2v) is 13.0. The molecule has 0 spiro atoms. The van der Waals surface area contributed by atoms with Crippen molar-refractivity contribution in [3.05, 3.63) is 0 Å². The minimum absolute atomic E-state index is 0.00463. The van der Waals surface area contributed by atoms with E-state index in [4.69, 9.17) is 9.47 Å². The summed E-state index contributed by atoms with van der Waals surface area (Å²) in [4.78, 5) is 25.4. The van der Waals surface area contributed by atoms with Crippen molar-refractivity contribution in [1.82, 2.24) is 0 Å². The molecule has 2 atom stereocenters. The molecule has 0 aromatic heterocycles. The molecule has 0 heterocycles. The highest BCUT2D eigenvalue weighted by atomic mass is 16.5. The van der Waals surface area contributed by atoms with Crippen LogP contribution in [-0.4, -0.2) is 25.2 Å². The number of hydrogen-bond acceptors (Lipinski definition) is 4. The molecule has 4 heteroatoms. The zero-order chi connectivity index (χ0) is 25.8. The maximum atomic E-state index is 12.7. The van der Waals surface area contributed by atoms with Crippen LogP contribution in [-0.2, 0) is 19.1 Å². The number of ether oxygens (including phenoxy) is 2. The van der Waals surface area contributed by atoms with Crippen molar-refractivity contribution in [2.45, 2.75) is 132 Å². The van der Waals surface area contributed by atoms with Crippen molar-refractivity contribution in [2.75, 3.05) is 13.2 Å². The quantitative estimate of drug-likeness (QED) is 0.208. The van der Waals surface area contributed by atoms with E-state index in [1.807, 2.05) is 0 Å². The van der Waals surface area contributed by atoms with Gasteiger partial charge in [0.2, 0.25) is 0 Å². The molecule has 0 aromatic rings. The van der Waals surface area contributed by atoms with Gasteiger partial charge in [-0.2, -0.15) is 0 Å². The average Bonchev–Trinajstić information content (AvgIpc) is 2.78. The van der Waals surface area contributed by atoms with Gasteiger partial charge in [-0.1, -0.05) is 93.9 Å². The fraction of sp³-hybridized carbons (Fsp3) is 0.933. The normalized spacial score (nSPS) is 21.1. The number of carbonyl (C=O) groups is 2. The number of hydrogen-bond donors (Lipinski definition) is 0. The summed E-state index contributed by atoms with van der Waals surface area (Å²) in [6, 6.07) is 0. The second kappa shape index (κ2) is 15.1. The molecular formula is C30H56O4. The van der Waals surface area contributed by atoms with Crippen LogP contribution in [0.5, 0.6) is 0 Å². The van der Waals surface area contributed by atoms with E-state index < -0.39 is 0 Å². The summed E-state index contributed by atoms with van der Waals surface area (Å²) in [5.41, 5.74) is 0.00926. The minimum atomic E-state index is -0.0803. The van der Waals surface area contributed by atoms with Crippen LogP contribution in [0.25, 0.3) is 0 Å². The third-order valence-corrected chi connectivity index (χ3v) is 7.51. The molecule has 1 aliphatic rings. The van der Waals surface area contributed by atoms with E-state index >= 15 is 0 Å². The summed E-state index contributed by atoms with van der Waals surface area (Å²) in [6.45, 7) is 18.8. The van der Waals surface area contributed by atoms with E-state index in [0.717, 1.165) is 38.5 Å². The summed E-state index contributed by atoms with van der Waals surface area (Å²) in [5, 5.41) is 0. The molecule has 1 rings (SSSR count). The van der Waals surface area contributed by atoms with Crippen LogP contribution in [0.1, 0.15) is 132 Å². The maximum Gasteiger partial charge on any atom is 0.308 e. The first-order chi connectivity index (χ1) is 15.9. The van der Waals surface area contributed by atoms with E-state index in [1.54, 1.807) is 0 Å². The van der Waals surface area contributed by atoms with Crippen molar-refractivity contribution < 1.29 is 19.1 Å². The van der Waals surface area contributed by atoms with Crippen molar-refractivity contribution >= 4 is 11.9 Å². The van der Waals surface area contributed by atoms with Crippen LogP contribution in [0, 0.1) is 34.5 Å². The Morgan fingerprint density at radius 2 is 1.03 bits per heavy atom. The molecule has 0 aromatic carbocycles. The zero-order valence-electron chi connectivity index (χ0n) is 23.8. The van der Waals surface area contributed by atoms with Gasteiger partial charge in [0.25, 0.3) is 0 Å². The topological polar surface area (TPSA) is 52.6 Å². The number of carbonyl (C=O) groups excluding carboxylic acids is 2. The summed E-state index contributed by atoms with van der Waals surface area (Å²) < 4.78 is 11.5. The maximum absolute atomic E-state index is 12.7. The van der Waals surface area contributed by atoms with Gasteiger partial charge in [-0.3, -0.25) is 9.59 Å². The van der Waals surface area contributed by atoms with Gasteiger partial charge >= 0.3 is 11.9 Å². The van der Waals surface area contributed by atoms with Gasteiger partial charge in [-0.05, 0) is 61.2 Å². The highest BCUT2D eigenvalue weighted by Crippen LogP contribution is 2.34. The summed E-state index contributed by atoms with van der Waals surface area (Å²) >= 11 is 0. The van der Waals surface area contributed by atoms with E-state index in [2.05, 4.69) is 55.4 Å². The minimum Gasteiger partial charge on any atom is -0.465 e. The highest BCUT2D eigenvalue weighted by Gasteiger charge is 2.33. The van der Waals surface area contributed by atoms with Crippen LogP contribution in [0.4, 0.5) is 0 Å². The molecule has 1 saturated carbocycles. The van der Waals surface area contributed by atoms with E-state index in [9.17, 15) is 9.59 Å². The monoisotopic (exact) mass is 480 g/mol. The molecule has 200 valence electrons. The Balaban J connectivity index is 2.36. The Hall–Kier alpha value is -1.06. The average molecular weight is 481 g/mol. The first kappa shape index (κ1) is 31.0. The smallest absolute Gasteiger partial charge is 0.308 e. The van der Waals surface area contributed by atoms with Gasteiger partial charge in [0, 0.05) is 0 Å². The molecular weight excluding hydrogens is 424 g/mol. The molecule has 0 amide bonds. The summed E-state index contributed by atoms with van der Waals surface area (Å²) in [7, 11) is 0. The molecule has 1 fully saturated rings. The molecule has 2 unspecified atom stereocenters. The number of unbranched alkanes of at least 4 members (excludes halogenated alkanes) is 2. The fourth-order valence-electron chi connectivity index (χ4n) is 5.65. The molecule has 0 saturated heterocycles. The third-order valence-electron chi connectivity index (χ3n) is 7.51. The lowest BCUT2D eigenvalue weighted by Crippen LogP contribution is -2.32. The van der Waals surface area contributed by atoms with Crippen LogP contribution in [0.3, 0.4) is 0 Å². The van der Waals surface area contributed by atoms with Gasteiger partial charge in [0.05, 0.1) is 25.0 Å². The van der Waals surface area contributed by atoms with Crippen LogP contribution in [0.15, 0.2) is 0 Å². The second-order valence-electron chi connectivity index (χ2n) is 13.0. The summed E-state index contributed by atoms with van der Waals surface area (Å²) in [6.07, 6.45) is 12.5. The Bertz CT molecular complexity index is 535. The molecule has 0 aliphatic heterocycles. The largest absolute Gasteiger partial charge is 0.465 e. The third kappa shape index (κ3) is 12.6. The van der Waals surface area contributed by atoms with Gasteiger partial charge < -0.3 is 9.47 Å². The predicted octanol–water partition coefficient (Wildman–Crippen LogP) is 8.36. The molecule has 0 radical (unpaired) electrons.